The van der Waals surface area contributed by atoms with Crippen LogP contribution in [0.15, 0.2) is 40.4 Å². The summed E-state index contributed by atoms with van der Waals surface area (Å²) in [5, 5.41) is 10.8. The second-order valence-corrected chi connectivity index (χ2v) is 6.74. The molecule has 0 radical (unpaired) electrons. The molecule has 1 aliphatic heterocycles. The highest BCUT2D eigenvalue weighted by Crippen LogP contribution is 2.23. The van der Waals surface area contributed by atoms with E-state index in [0.717, 1.165) is 41.1 Å². The van der Waals surface area contributed by atoms with Gasteiger partial charge >= 0.3 is 0 Å². The lowest BCUT2D eigenvalue weighted by molar-refractivity contribution is 0.0956. The molecule has 6 heteroatoms. The third kappa shape index (κ3) is 3.60. The van der Waals surface area contributed by atoms with Gasteiger partial charge in [0.2, 0.25) is 0 Å². The molecule has 0 saturated carbocycles. The number of nitrogens with zero attached hydrogens (tertiary/aromatic N) is 2. The van der Waals surface area contributed by atoms with Crippen LogP contribution in [0.1, 0.15) is 28.2 Å². The topological polar surface area (TPSA) is 59.0 Å². The van der Waals surface area contributed by atoms with Crippen LogP contribution in [0.4, 0.5) is 0 Å². The largest absolute Gasteiger partial charge is 0.348 e. The molecular weight excluding hydrogens is 368 g/mol. The molecule has 0 saturated heterocycles. The Bertz CT molecular complexity index is 777. The summed E-state index contributed by atoms with van der Waals surface area (Å²) in [4.78, 5) is 12.3. The third-order valence-electron chi connectivity index (χ3n) is 4.21. The molecule has 2 N–H and O–H groups in total. The SMILES string of the molecule is Cc1nn(-c2ccc(C(=O)NCC3=CCNCC3)cc2)c(C)c1Br. The minimum absolute atomic E-state index is 0.0458. The van der Waals surface area contributed by atoms with Crippen molar-refractivity contribution in [3.8, 4) is 5.69 Å². The lowest BCUT2D eigenvalue weighted by Gasteiger charge is -2.14. The summed E-state index contributed by atoms with van der Waals surface area (Å²) in [6.45, 7) is 6.46. The van der Waals surface area contributed by atoms with Crippen LogP contribution in [0.5, 0.6) is 0 Å². The van der Waals surface area contributed by atoms with Crippen LogP contribution in [-0.2, 0) is 0 Å². The average Bonchev–Trinajstić information content (AvgIpc) is 2.88. The molecule has 3 rings (SSSR count). The first-order valence-electron chi connectivity index (χ1n) is 8.05. The van der Waals surface area contributed by atoms with Gasteiger partial charge in [0.15, 0.2) is 0 Å². The van der Waals surface area contributed by atoms with Gasteiger partial charge in [-0.15, -0.1) is 0 Å². The van der Waals surface area contributed by atoms with Gasteiger partial charge in [-0.3, -0.25) is 4.79 Å². The molecule has 1 aromatic carbocycles. The molecule has 1 amide bonds. The van der Waals surface area contributed by atoms with E-state index in [1.807, 2.05) is 42.8 Å². The van der Waals surface area contributed by atoms with E-state index < -0.39 is 0 Å². The summed E-state index contributed by atoms with van der Waals surface area (Å²) >= 11 is 3.54. The van der Waals surface area contributed by atoms with E-state index in [2.05, 4.69) is 37.7 Å². The molecule has 0 fully saturated rings. The van der Waals surface area contributed by atoms with E-state index in [9.17, 15) is 4.79 Å². The predicted molar refractivity (Wildman–Crippen MR) is 98.6 cm³/mol. The van der Waals surface area contributed by atoms with Crippen molar-refractivity contribution in [2.45, 2.75) is 20.3 Å². The molecule has 1 aromatic heterocycles. The van der Waals surface area contributed by atoms with Gasteiger partial charge in [-0.1, -0.05) is 11.6 Å². The van der Waals surface area contributed by atoms with Gasteiger partial charge in [0, 0.05) is 18.7 Å². The van der Waals surface area contributed by atoms with Gasteiger partial charge in [0.1, 0.15) is 0 Å². The number of carbonyl (C=O) groups excluding carboxylic acids is 1. The van der Waals surface area contributed by atoms with E-state index in [0.29, 0.717) is 12.1 Å². The third-order valence-corrected chi connectivity index (χ3v) is 5.36. The van der Waals surface area contributed by atoms with Crippen LogP contribution in [-0.4, -0.2) is 35.3 Å². The Hall–Kier alpha value is -1.92. The van der Waals surface area contributed by atoms with Crippen molar-refractivity contribution in [2.75, 3.05) is 19.6 Å². The van der Waals surface area contributed by atoms with E-state index in [4.69, 9.17) is 0 Å². The van der Waals surface area contributed by atoms with Crippen LogP contribution in [0.3, 0.4) is 0 Å². The highest BCUT2D eigenvalue weighted by Gasteiger charge is 2.12. The summed E-state index contributed by atoms with van der Waals surface area (Å²) in [6.07, 6.45) is 3.14. The molecule has 0 spiro atoms. The Balaban J connectivity index is 1.68. The first-order valence-corrected chi connectivity index (χ1v) is 8.84. The smallest absolute Gasteiger partial charge is 0.251 e. The highest BCUT2D eigenvalue weighted by atomic mass is 79.9. The van der Waals surface area contributed by atoms with Crippen molar-refractivity contribution in [2.24, 2.45) is 0 Å². The Labute approximate surface area is 150 Å². The Morgan fingerprint density at radius 3 is 2.67 bits per heavy atom. The van der Waals surface area contributed by atoms with Crippen molar-refractivity contribution in [3.05, 3.63) is 57.3 Å². The molecule has 24 heavy (non-hydrogen) atoms. The van der Waals surface area contributed by atoms with E-state index in [1.165, 1.54) is 5.57 Å². The normalized spacial score (nSPS) is 14.4. The standard InChI is InChI=1S/C18H21BrN4O/c1-12-17(19)13(2)23(22-12)16-5-3-15(4-6-16)18(24)21-11-14-7-9-20-10-8-14/h3-7,20H,8-11H2,1-2H3,(H,21,24). The van der Waals surface area contributed by atoms with E-state index >= 15 is 0 Å². The lowest BCUT2D eigenvalue weighted by Crippen LogP contribution is -2.29. The number of nitrogens with one attached hydrogen (secondary N) is 2. The Morgan fingerprint density at radius 2 is 2.08 bits per heavy atom. The molecule has 1 aliphatic rings. The zero-order valence-electron chi connectivity index (χ0n) is 13.9. The maximum absolute atomic E-state index is 12.3. The molecule has 0 bridgehead atoms. The van der Waals surface area contributed by atoms with Crippen molar-refractivity contribution in [1.29, 1.82) is 0 Å². The summed E-state index contributed by atoms with van der Waals surface area (Å²) in [5.74, 6) is -0.0458. The van der Waals surface area contributed by atoms with E-state index in [-0.39, 0.29) is 5.91 Å². The summed E-state index contributed by atoms with van der Waals surface area (Å²) in [5.41, 5.74) is 4.88. The maximum Gasteiger partial charge on any atom is 0.251 e. The number of rotatable bonds is 4. The summed E-state index contributed by atoms with van der Waals surface area (Å²) < 4.78 is 2.89. The molecule has 126 valence electrons. The van der Waals surface area contributed by atoms with E-state index in [1.54, 1.807) is 0 Å². The number of amides is 1. The van der Waals surface area contributed by atoms with Crippen molar-refractivity contribution in [3.63, 3.8) is 0 Å². The lowest BCUT2D eigenvalue weighted by atomic mass is 10.1. The van der Waals surface area contributed by atoms with Gasteiger partial charge in [-0.2, -0.15) is 5.10 Å². The fourth-order valence-corrected chi connectivity index (χ4v) is 3.00. The zero-order chi connectivity index (χ0) is 17.1. The predicted octanol–water partition coefficient (Wildman–Crippen LogP) is 2.90. The van der Waals surface area contributed by atoms with Crippen molar-refractivity contribution in [1.82, 2.24) is 20.4 Å². The number of carbonyl (C=O) groups is 1. The molecule has 5 nitrogen and oxygen atoms in total. The monoisotopic (exact) mass is 388 g/mol. The summed E-state index contributed by atoms with van der Waals surface area (Å²) in [6, 6.07) is 7.52. The quantitative estimate of drug-likeness (QED) is 0.791. The number of aromatic nitrogens is 2. The number of hydrogen-bond acceptors (Lipinski definition) is 3. The van der Waals surface area contributed by atoms with Crippen LogP contribution >= 0.6 is 15.9 Å². The van der Waals surface area contributed by atoms with Gasteiger partial charge in [0.25, 0.3) is 5.91 Å². The zero-order valence-corrected chi connectivity index (χ0v) is 15.5. The first kappa shape index (κ1) is 16.9. The van der Waals surface area contributed by atoms with Crippen molar-refractivity contribution >= 4 is 21.8 Å². The van der Waals surface area contributed by atoms with Crippen LogP contribution in [0.25, 0.3) is 5.69 Å². The fraction of sp³-hybridized carbons (Fsp3) is 0.333. The number of aryl methyl sites for hydroxylation is 1. The van der Waals surface area contributed by atoms with Gasteiger partial charge in [-0.05, 0) is 67.0 Å². The van der Waals surface area contributed by atoms with Gasteiger partial charge < -0.3 is 10.6 Å². The fourth-order valence-electron chi connectivity index (χ4n) is 2.76. The minimum atomic E-state index is -0.0458. The molecule has 2 heterocycles. The highest BCUT2D eigenvalue weighted by molar-refractivity contribution is 9.10. The van der Waals surface area contributed by atoms with Crippen LogP contribution < -0.4 is 10.6 Å². The number of hydrogen-bond donors (Lipinski definition) is 2. The summed E-state index contributed by atoms with van der Waals surface area (Å²) in [7, 11) is 0. The van der Waals surface area contributed by atoms with Crippen LogP contribution in [0.2, 0.25) is 0 Å². The molecule has 2 aromatic rings. The van der Waals surface area contributed by atoms with Crippen LogP contribution in [0, 0.1) is 13.8 Å². The average molecular weight is 389 g/mol. The maximum atomic E-state index is 12.3. The molecule has 0 aliphatic carbocycles. The van der Waals surface area contributed by atoms with Gasteiger partial charge in [-0.25, -0.2) is 4.68 Å². The number of halogens is 1. The Morgan fingerprint density at radius 1 is 1.33 bits per heavy atom. The number of benzene rings is 1. The molecule has 0 atom stereocenters. The minimum Gasteiger partial charge on any atom is -0.348 e. The second kappa shape index (κ2) is 7.32. The first-order chi connectivity index (χ1) is 11.6. The Kier molecular flexibility index (Phi) is 5.16. The van der Waals surface area contributed by atoms with Gasteiger partial charge in [0.05, 0.1) is 21.5 Å². The molecule has 0 unspecified atom stereocenters. The molecular formula is C18H21BrN4O. The van der Waals surface area contributed by atoms with Crippen molar-refractivity contribution < 1.29 is 4.79 Å². The second-order valence-electron chi connectivity index (χ2n) is 5.94.